The van der Waals surface area contributed by atoms with Crippen LogP contribution in [0.1, 0.15) is 12.7 Å². The summed E-state index contributed by atoms with van der Waals surface area (Å²) in [7, 11) is 0. The summed E-state index contributed by atoms with van der Waals surface area (Å²) in [5, 5.41) is 7.42. The van der Waals surface area contributed by atoms with Gasteiger partial charge in [0.05, 0.1) is 0 Å². The number of carbonyl (C=O) groups is 1. The molecular formula is C6H10CoN2O2. The second-order valence-electron chi connectivity index (χ2n) is 1.69. The molecule has 0 bridgehead atoms. The number of H-pyrrole nitrogens is 1. The molecule has 1 radical (unpaired) electrons. The van der Waals surface area contributed by atoms with E-state index in [1.807, 2.05) is 6.92 Å². The van der Waals surface area contributed by atoms with Gasteiger partial charge in [0.15, 0.2) is 0 Å². The summed E-state index contributed by atoms with van der Waals surface area (Å²) < 4.78 is 0. The molecule has 0 aliphatic heterocycles. The van der Waals surface area contributed by atoms with Crippen molar-refractivity contribution in [2.45, 2.75) is 13.8 Å². The van der Waals surface area contributed by atoms with Crippen LogP contribution in [0.5, 0.6) is 0 Å². The number of aliphatic carboxylic acids is 1. The Morgan fingerprint density at radius 2 is 2.18 bits per heavy atom. The molecule has 0 fully saturated rings. The number of hydrogen-bond donors (Lipinski definition) is 2. The number of nitrogens with zero attached hydrogens (tertiary/aromatic N) is 1. The molecule has 1 heterocycles. The molecule has 1 rings (SSSR count). The van der Waals surface area contributed by atoms with E-state index < -0.39 is 5.97 Å². The van der Waals surface area contributed by atoms with Crippen LogP contribution in [0.2, 0.25) is 0 Å². The van der Waals surface area contributed by atoms with Gasteiger partial charge in [0.1, 0.15) is 5.82 Å². The molecule has 0 aromatic carbocycles. The first-order chi connectivity index (χ1) is 4.63. The van der Waals surface area contributed by atoms with Crippen LogP contribution in [0, 0.1) is 6.92 Å². The van der Waals surface area contributed by atoms with Gasteiger partial charge in [-0.05, 0) is 6.92 Å². The molecule has 1 aromatic heterocycles. The molecule has 1 aromatic rings. The topological polar surface area (TPSA) is 66.0 Å². The Kier molecular flexibility index (Phi) is 8.51. The van der Waals surface area contributed by atoms with Gasteiger partial charge in [-0.15, -0.1) is 0 Å². The van der Waals surface area contributed by atoms with Crippen LogP contribution < -0.4 is 0 Å². The van der Waals surface area contributed by atoms with E-state index in [1.54, 1.807) is 12.4 Å². The molecule has 5 heteroatoms. The predicted molar refractivity (Wildman–Crippen MR) is 36.6 cm³/mol. The monoisotopic (exact) mass is 201 g/mol. The number of aromatic nitrogens is 2. The Bertz CT molecular complexity index is 182. The molecule has 0 aliphatic carbocycles. The van der Waals surface area contributed by atoms with Crippen molar-refractivity contribution in [2.24, 2.45) is 0 Å². The van der Waals surface area contributed by atoms with E-state index in [4.69, 9.17) is 9.90 Å². The number of aryl methyl sites for hydroxylation is 1. The summed E-state index contributed by atoms with van der Waals surface area (Å²) in [6.45, 7) is 3.00. The molecule has 11 heavy (non-hydrogen) atoms. The van der Waals surface area contributed by atoms with Gasteiger partial charge in [-0.1, -0.05) is 0 Å². The summed E-state index contributed by atoms with van der Waals surface area (Å²) in [6, 6.07) is 0. The zero-order chi connectivity index (χ0) is 7.98. The van der Waals surface area contributed by atoms with Crippen LogP contribution in [0.25, 0.3) is 0 Å². The van der Waals surface area contributed by atoms with E-state index in [1.165, 1.54) is 0 Å². The maximum Gasteiger partial charge on any atom is 0.300 e. The van der Waals surface area contributed by atoms with Gasteiger partial charge in [-0.2, -0.15) is 0 Å². The fourth-order valence-electron chi connectivity index (χ4n) is 0.344. The van der Waals surface area contributed by atoms with Crippen LogP contribution in [0.4, 0.5) is 0 Å². The van der Waals surface area contributed by atoms with E-state index in [-0.39, 0.29) is 16.8 Å². The van der Waals surface area contributed by atoms with Gasteiger partial charge in [0.25, 0.3) is 5.97 Å². The fourth-order valence-corrected chi connectivity index (χ4v) is 0.344. The van der Waals surface area contributed by atoms with Crippen molar-refractivity contribution in [3.8, 4) is 0 Å². The van der Waals surface area contributed by atoms with Gasteiger partial charge in [-0.25, -0.2) is 4.98 Å². The Morgan fingerprint density at radius 3 is 2.27 bits per heavy atom. The standard InChI is InChI=1S/C4H6N2.C2H4O2.Co/c1-4-5-2-3-6-4;1-2(3)4;/h2-3H,1H3,(H,5,6);1H3,(H,3,4);. The molecule has 0 aliphatic rings. The summed E-state index contributed by atoms with van der Waals surface area (Å²) >= 11 is 0. The van der Waals surface area contributed by atoms with Crippen molar-refractivity contribution < 1.29 is 26.7 Å². The van der Waals surface area contributed by atoms with Crippen LogP contribution in [0.3, 0.4) is 0 Å². The van der Waals surface area contributed by atoms with E-state index in [0.717, 1.165) is 12.7 Å². The van der Waals surface area contributed by atoms with Crippen molar-refractivity contribution in [2.75, 3.05) is 0 Å². The second kappa shape index (κ2) is 7.30. The van der Waals surface area contributed by atoms with Crippen LogP contribution in [-0.2, 0) is 21.6 Å². The first kappa shape index (κ1) is 12.8. The number of rotatable bonds is 0. The largest absolute Gasteiger partial charge is 0.481 e. The minimum absolute atomic E-state index is 0. The van der Waals surface area contributed by atoms with Crippen LogP contribution >= 0.6 is 0 Å². The molecule has 65 valence electrons. The molecule has 4 nitrogen and oxygen atoms in total. The van der Waals surface area contributed by atoms with Crippen molar-refractivity contribution in [1.82, 2.24) is 9.97 Å². The molecule has 0 atom stereocenters. The fraction of sp³-hybridized carbons (Fsp3) is 0.333. The normalized spacial score (nSPS) is 7.09. The average Bonchev–Trinajstić information content (AvgIpc) is 2.15. The molecule has 2 N–H and O–H groups in total. The number of nitrogens with one attached hydrogen (secondary N) is 1. The van der Waals surface area contributed by atoms with Gasteiger partial charge in [-0.3, -0.25) is 4.79 Å². The number of carboxylic acids is 1. The van der Waals surface area contributed by atoms with Crippen LogP contribution in [0.15, 0.2) is 12.4 Å². The quantitative estimate of drug-likeness (QED) is 0.652. The maximum absolute atomic E-state index is 9.00. The van der Waals surface area contributed by atoms with Gasteiger partial charge < -0.3 is 10.1 Å². The Labute approximate surface area is 75.2 Å². The molecule has 0 saturated carbocycles. The van der Waals surface area contributed by atoms with Crippen LogP contribution in [-0.4, -0.2) is 21.0 Å². The minimum Gasteiger partial charge on any atom is -0.481 e. The predicted octanol–water partition coefficient (Wildman–Crippen LogP) is 0.807. The third kappa shape index (κ3) is 12.4. The van der Waals surface area contributed by atoms with E-state index in [2.05, 4.69) is 9.97 Å². The first-order valence-electron chi connectivity index (χ1n) is 2.78. The van der Waals surface area contributed by atoms with Crippen molar-refractivity contribution in [3.63, 3.8) is 0 Å². The third-order valence-corrected chi connectivity index (χ3v) is 0.635. The number of imidazole rings is 1. The zero-order valence-electron chi connectivity index (χ0n) is 6.29. The maximum atomic E-state index is 9.00. The number of aromatic amines is 1. The first-order valence-corrected chi connectivity index (χ1v) is 2.78. The van der Waals surface area contributed by atoms with E-state index in [0.29, 0.717) is 0 Å². The molecule has 0 saturated heterocycles. The number of carboxylic acid groups (broad SMARTS) is 1. The van der Waals surface area contributed by atoms with Crippen molar-refractivity contribution >= 4 is 5.97 Å². The third-order valence-electron chi connectivity index (χ3n) is 0.635. The SMILES string of the molecule is CC(=O)O.Cc1ncc[nH]1.[Co]. The minimum atomic E-state index is -0.833. The van der Waals surface area contributed by atoms with Gasteiger partial charge in [0, 0.05) is 36.1 Å². The molecular weight excluding hydrogens is 191 g/mol. The average molecular weight is 201 g/mol. The summed E-state index contributed by atoms with van der Waals surface area (Å²) in [4.78, 5) is 15.8. The number of hydrogen-bond acceptors (Lipinski definition) is 2. The molecule has 0 spiro atoms. The summed E-state index contributed by atoms with van der Waals surface area (Å²) in [5.74, 6) is 0.134. The summed E-state index contributed by atoms with van der Waals surface area (Å²) in [5.41, 5.74) is 0. The van der Waals surface area contributed by atoms with Gasteiger partial charge in [0.2, 0.25) is 0 Å². The van der Waals surface area contributed by atoms with E-state index in [9.17, 15) is 0 Å². The van der Waals surface area contributed by atoms with E-state index >= 15 is 0 Å². The Hall–Kier alpha value is -0.814. The Balaban J connectivity index is 0. The zero-order valence-corrected chi connectivity index (χ0v) is 7.33. The van der Waals surface area contributed by atoms with Crippen molar-refractivity contribution in [1.29, 1.82) is 0 Å². The second-order valence-corrected chi connectivity index (χ2v) is 1.69. The Morgan fingerprint density at radius 1 is 1.73 bits per heavy atom. The smallest absolute Gasteiger partial charge is 0.300 e. The van der Waals surface area contributed by atoms with Gasteiger partial charge >= 0.3 is 0 Å². The molecule has 0 unspecified atom stereocenters. The summed E-state index contributed by atoms with van der Waals surface area (Å²) in [6.07, 6.45) is 3.53. The van der Waals surface area contributed by atoms with Crippen molar-refractivity contribution in [3.05, 3.63) is 18.2 Å². The molecule has 0 amide bonds.